The van der Waals surface area contributed by atoms with Crippen molar-refractivity contribution in [3.05, 3.63) is 210 Å². The Morgan fingerprint density at radius 2 is 0.980 bits per heavy atom. The van der Waals surface area contributed by atoms with Crippen molar-refractivity contribution >= 4 is 49.6 Å². The number of fused-ring (bicyclic) bond motifs is 8. The Balaban J connectivity index is 1.23. The lowest BCUT2D eigenvalue weighted by atomic mass is 9.67. The van der Waals surface area contributed by atoms with Gasteiger partial charge in [-0.25, -0.2) is 0 Å². The van der Waals surface area contributed by atoms with Gasteiger partial charge in [0.1, 0.15) is 0 Å². The number of nitrogens with zero attached hydrogens (tertiary/aromatic N) is 1. The summed E-state index contributed by atoms with van der Waals surface area (Å²) in [4.78, 5) is 6.20. The van der Waals surface area contributed by atoms with Gasteiger partial charge < -0.3 is 9.88 Å². The van der Waals surface area contributed by atoms with E-state index in [2.05, 4.69) is 198 Å². The highest BCUT2D eigenvalue weighted by Gasteiger charge is 2.46. The van der Waals surface area contributed by atoms with Crippen molar-refractivity contribution in [1.82, 2.24) is 4.98 Å². The van der Waals surface area contributed by atoms with E-state index in [1.54, 1.807) is 0 Å². The molecule has 1 aliphatic carbocycles. The molecule has 1 N–H and O–H groups in total. The number of H-pyrrole nitrogens is 1. The fourth-order valence-corrected chi connectivity index (χ4v) is 8.37. The summed E-state index contributed by atoms with van der Waals surface area (Å²) in [6.45, 7) is 0. The summed E-state index contributed by atoms with van der Waals surface area (Å²) >= 11 is 0. The van der Waals surface area contributed by atoms with Crippen LogP contribution >= 0.6 is 0 Å². The van der Waals surface area contributed by atoms with Gasteiger partial charge in [-0.05, 0) is 75.2 Å². The molecule has 0 atom stereocenters. The van der Waals surface area contributed by atoms with Crippen LogP contribution in [0.4, 0.5) is 17.1 Å². The van der Waals surface area contributed by atoms with Crippen molar-refractivity contribution in [2.45, 2.75) is 5.41 Å². The number of aromatic amines is 1. The van der Waals surface area contributed by atoms with Gasteiger partial charge in [-0.1, -0.05) is 152 Å². The molecule has 0 bridgehead atoms. The van der Waals surface area contributed by atoms with Crippen LogP contribution in [0.3, 0.4) is 0 Å². The van der Waals surface area contributed by atoms with Gasteiger partial charge in [0.2, 0.25) is 0 Å². The van der Waals surface area contributed by atoms with Crippen LogP contribution in [0.15, 0.2) is 188 Å². The first kappa shape index (κ1) is 27.7. The third kappa shape index (κ3) is 4.07. The molecule has 0 aliphatic heterocycles. The van der Waals surface area contributed by atoms with Crippen molar-refractivity contribution in [2.24, 2.45) is 0 Å². The summed E-state index contributed by atoms with van der Waals surface area (Å²) in [5.41, 5.74) is 12.9. The summed E-state index contributed by atoms with van der Waals surface area (Å²) in [5.74, 6) is 0. The lowest BCUT2D eigenvalue weighted by Gasteiger charge is -2.35. The van der Waals surface area contributed by atoms with Crippen molar-refractivity contribution < 1.29 is 0 Å². The van der Waals surface area contributed by atoms with Gasteiger partial charge in [0.25, 0.3) is 0 Å². The molecule has 8 aromatic carbocycles. The largest absolute Gasteiger partial charge is 0.354 e. The van der Waals surface area contributed by atoms with Gasteiger partial charge in [0, 0.05) is 38.7 Å². The smallest absolute Gasteiger partial charge is 0.0714 e. The first-order chi connectivity index (χ1) is 24.3. The van der Waals surface area contributed by atoms with E-state index in [4.69, 9.17) is 0 Å². The topological polar surface area (TPSA) is 19.0 Å². The number of hydrogen-bond acceptors (Lipinski definition) is 1. The van der Waals surface area contributed by atoms with Crippen LogP contribution in [0.2, 0.25) is 0 Å². The number of para-hydroxylation sites is 1. The molecule has 1 aromatic heterocycles. The first-order valence-electron chi connectivity index (χ1n) is 16.9. The number of nitrogens with one attached hydrogen (secondary N) is 1. The summed E-state index contributed by atoms with van der Waals surface area (Å²) < 4.78 is 0. The molecule has 0 saturated heterocycles. The third-order valence-corrected chi connectivity index (χ3v) is 10.5. The maximum Gasteiger partial charge on any atom is 0.0714 e. The molecule has 2 nitrogen and oxygen atoms in total. The quantitative estimate of drug-likeness (QED) is 0.202. The second-order valence-corrected chi connectivity index (χ2v) is 13.0. The van der Waals surface area contributed by atoms with E-state index in [1.165, 1.54) is 60.4 Å². The molecule has 0 saturated carbocycles. The zero-order chi connectivity index (χ0) is 32.4. The molecule has 9 aromatic rings. The minimum absolute atomic E-state index is 0.463. The van der Waals surface area contributed by atoms with Crippen LogP contribution in [0.1, 0.15) is 22.3 Å². The standard InChI is InChI=1S/C47H32N2/c1-4-15-33(16-5-1)47(34-17-6-2-7-18-34)43-23-13-12-22-39(43)40-28-25-36(30-44(40)47)49(35-19-8-3-9-20-35)37-26-29-41-42-27-24-32-14-10-11-21-38(32)46(42)48-45(41)31-37/h1-31,48H. The molecule has 1 aliphatic rings. The van der Waals surface area contributed by atoms with Gasteiger partial charge in [0.05, 0.1) is 10.9 Å². The third-order valence-electron chi connectivity index (χ3n) is 10.5. The Hall–Kier alpha value is -6.38. The highest BCUT2D eigenvalue weighted by Crippen LogP contribution is 2.57. The van der Waals surface area contributed by atoms with Crippen molar-refractivity contribution in [3.8, 4) is 11.1 Å². The van der Waals surface area contributed by atoms with E-state index < -0.39 is 5.41 Å². The lowest BCUT2D eigenvalue weighted by molar-refractivity contribution is 0.768. The summed E-state index contributed by atoms with van der Waals surface area (Å²) in [6, 6.07) is 68.7. The molecular weight excluding hydrogens is 593 g/mol. The first-order valence-corrected chi connectivity index (χ1v) is 16.9. The molecular formula is C47H32N2. The number of anilines is 3. The molecule has 49 heavy (non-hydrogen) atoms. The number of rotatable bonds is 5. The van der Waals surface area contributed by atoms with Crippen LogP contribution in [0.5, 0.6) is 0 Å². The molecule has 0 fully saturated rings. The van der Waals surface area contributed by atoms with E-state index in [9.17, 15) is 0 Å². The molecule has 1 heterocycles. The Bertz CT molecular complexity index is 2610. The Kier molecular flexibility index (Phi) is 6.13. The van der Waals surface area contributed by atoms with Crippen LogP contribution < -0.4 is 4.90 Å². The number of aromatic nitrogens is 1. The van der Waals surface area contributed by atoms with E-state index >= 15 is 0 Å². The monoisotopic (exact) mass is 624 g/mol. The van der Waals surface area contributed by atoms with E-state index in [-0.39, 0.29) is 0 Å². The summed E-state index contributed by atoms with van der Waals surface area (Å²) in [5, 5.41) is 4.97. The van der Waals surface area contributed by atoms with Crippen molar-refractivity contribution in [2.75, 3.05) is 4.90 Å². The van der Waals surface area contributed by atoms with E-state index in [1.807, 2.05) is 0 Å². The normalized spacial score (nSPS) is 13.1. The van der Waals surface area contributed by atoms with Crippen LogP contribution in [0.25, 0.3) is 43.7 Å². The molecule has 10 rings (SSSR count). The second kappa shape index (κ2) is 10.8. The maximum atomic E-state index is 3.80. The zero-order valence-electron chi connectivity index (χ0n) is 26.8. The van der Waals surface area contributed by atoms with Gasteiger partial charge in [0.15, 0.2) is 0 Å². The van der Waals surface area contributed by atoms with Crippen LogP contribution in [-0.2, 0) is 5.41 Å². The summed E-state index contributed by atoms with van der Waals surface area (Å²) in [6.07, 6.45) is 0. The van der Waals surface area contributed by atoms with Gasteiger partial charge in [-0.15, -0.1) is 0 Å². The van der Waals surface area contributed by atoms with Crippen LogP contribution in [-0.4, -0.2) is 4.98 Å². The Labute approximate surface area is 285 Å². The fourth-order valence-electron chi connectivity index (χ4n) is 8.37. The van der Waals surface area contributed by atoms with Crippen LogP contribution in [0, 0.1) is 0 Å². The molecule has 0 unspecified atom stereocenters. The molecule has 0 radical (unpaired) electrons. The number of hydrogen-bond donors (Lipinski definition) is 1. The van der Waals surface area contributed by atoms with Gasteiger partial charge in [-0.3, -0.25) is 0 Å². The van der Waals surface area contributed by atoms with Gasteiger partial charge >= 0.3 is 0 Å². The summed E-state index contributed by atoms with van der Waals surface area (Å²) in [7, 11) is 0. The fraction of sp³-hybridized carbons (Fsp3) is 0.0213. The highest BCUT2D eigenvalue weighted by molar-refractivity contribution is 6.17. The number of benzene rings is 8. The van der Waals surface area contributed by atoms with Gasteiger partial charge in [-0.2, -0.15) is 0 Å². The SMILES string of the molecule is c1ccc(N(c2ccc3c(c2)C(c2ccccc2)(c2ccccc2)c2ccccc2-3)c2ccc3c(c2)[nH]c2c4ccccc4ccc32)cc1. The Morgan fingerprint density at radius 1 is 0.388 bits per heavy atom. The van der Waals surface area contributed by atoms with Crippen molar-refractivity contribution in [3.63, 3.8) is 0 Å². The minimum Gasteiger partial charge on any atom is -0.354 e. The van der Waals surface area contributed by atoms with E-state index in [0.29, 0.717) is 0 Å². The average molecular weight is 625 g/mol. The van der Waals surface area contributed by atoms with Crippen molar-refractivity contribution in [1.29, 1.82) is 0 Å². The predicted molar refractivity (Wildman–Crippen MR) is 205 cm³/mol. The lowest BCUT2D eigenvalue weighted by Crippen LogP contribution is -2.28. The zero-order valence-corrected chi connectivity index (χ0v) is 26.8. The molecule has 230 valence electrons. The Morgan fingerprint density at radius 3 is 1.76 bits per heavy atom. The predicted octanol–water partition coefficient (Wildman–Crippen LogP) is 12.3. The molecule has 0 spiro atoms. The maximum absolute atomic E-state index is 3.80. The highest BCUT2D eigenvalue weighted by atomic mass is 15.1. The molecule has 0 amide bonds. The van der Waals surface area contributed by atoms with E-state index in [0.717, 1.165) is 22.6 Å². The second-order valence-electron chi connectivity index (χ2n) is 13.0. The average Bonchev–Trinajstić information content (AvgIpc) is 3.70. The minimum atomic E-state index is -0.463. The molecule has 2 heteroatoms.